The molecule has 0 radical (unpaired) electrons. The highest BCUT2D eigenvalue weighted by atomic mass is 32.2. The minimum atomic E-state index is -3.37. The number of fused-ring (bicyclic) bond motifs is 2. The molecule has 0 saturated heterocycles. The number of ketones is 1. The molecule has 0 N–H and O–H groups in total. The number of nitrogens with zero attached hydrogens (tertiary/aromatic N) is 3. The molecule has 0 atom stereocenters. The normalized spacial score (nSPS) is 13.4. The van der Waals surface area contributed by atoms with E-state index in [1.165, 1.54) is 38.7 Å². The molecule has 2 aromatic carbocycles. The lowest BCUT2D eigenvalue weighted by molar-refractivity contribution is 0.0970. The highest BCUT2D eigenvalue weighted by Crippen LogP contribution is 2.32. The van der Waals surface area contributed by atoms with Crippen molar-refractivity contribution in [3.63, 3.8) is 0 Å². The average molecular weight is 498 g/mol. The van der Waals surface area contributed by atoms with Crippen LogP contribution in [0, 0.1) is 5.82 Å². The van der Waals surface area contributed by atoms with Crippen molar-refractivity contribution in [2.75, 3.05) is 16.6 Å². The topological polar surface area (TPSA) is 89.3 Å². The van der Waals surface area contributed by atoms with Crippen LogP contribution >= 0.6 is 11.3 Å². The molecule has 3 heterocycles. The fraction of sp³-hybridized carbons (Fsp3) is 0.208. The lowest BCUT2D eigenvalue weighted by atomic mass is 10.0. The maximum absolute atomic E-state index is 13.3. The zero-order valence-electron chi connectivity index (χ0n) is 18.2. The zero-order valence-corrected chi connectivity index (χ0v) is 19.8. The Bertz CT molecular complexity index is 1590. The van der Waals surface area contributed by atoms with E-state index in [4.69, 9.17) is 0 Å². The van der Waals surface area contributed by atoms with Gasteiger partial charge in [0, 0.05) is 23.1 Å². The van der Waals surface area contributed by atoms with E-state index >= 15 is 0 Å². The Kier molecular flexibility index (Phi) is 5.57. The van der Waals surface area contributed by atoms with Crippen LogP contribution in [0.2, 0.25) is 0 Å². The van der Waals surface area contributed by atoms with E-state index in [9.17, 15) is 22.4 Å². The molecule has 0 amide bonds. The molecule has 7 nitrogen and oxygen atoms in total. The molecule has 174 valence electrons. The van der Waals surface area contributed by atoms with Crippen molar-refractivity contribution in [2.24, 2.45) is 0 Å². The Morgan fingerprint density at radius 3 is 2.68 bits per heavy atom. The summed E-state index contributed by atoms with van der Waals surface area (Å²) in [4.78, 5) is 31.1. The lowest BCUT2D eigenvalue weighted by Gasteiger charge is -2.18. The Morgan fingerprint density at radius 2 is 1.94 bits per heavy atom. The largest absolute Gasteiger partial charge is 0.292 e. The highest BCUT2D eigenvalue weighted by molar-refractivity contribution is 7.92. The summed E-state index contributed by atoms with van der Waals surface area (Å²) in [5, 5.41) is 2.19. The zero-order chi connectivity index (χ0) is 24.0. The number of hydrogen-bond donors (Lipinski definition) is 0. The number of Topliss-reactive ketones (excluding diaryl/α,β-unsaturated/α-hetero) is 1. The first kappa shape index (κ1) is 22.4. The number of benzene rings is 2. The van der Waals surface area contributed by atoms with Crippen molar-refractivity contribution < 1.29 is 17.6 Å². The summed E-state index contributed by atoms with van der Waals surface area (Å²) >= 11 is 1.31. The predicted molar refractivity (Wildman–Crippen MR) is 131 cm³/mol. The summed E-state index contributed by atoms with van der Waals surface area (Å²) in [5.74, 6) is -0.635. The van der Waals surface area contributed by atoms with Gasteiger partial charge in [0.05, 0.1) is 29.7 Å². The van der Waals surface area contributed by atoms with E-state index < -0.39 is 10.0 Å². The van der Waals surface area contributed by atoms with Crippen LogP contribution in [0.25, 0.3) is 21.3 Å². The molecule has 1 aliphatic heterocycles. The third kappa shape index (κ3) is 3.82. The first-order valence-corrected chi connectivity index (χ1v) is 13.2. The molecule has 0 spiro atoms. The van der Waals surface area contributed by atoms with Gasteiger partial charge in [0.15, 0.2) is 5.78 Å². The molecule has 2 aromatic heterocycles. The number of anilines is 1. The smallest absolute Gasteiger partial charge is 0.263 e. The maximum Gasteiger partial charge on any atom is 0.263 e. The van der Waals surface area contributed by atoms with E-state index in [2.05, 4.69) is 4.98 Å². The van der Waals surface area contributed by atoms with Crippen LogP contribution in [0.4, 0.5) is 10.1 Å². The quantitative estimate of drug-likeness (QED) is 0.378. The summed E-state index contributed by atoms with van der Waals surface area (Å²) in [6.45, 7) is 1.76. The van der Waals surface area contributed by atoms with E-state index in [0.717, 1.165) is 5.56 Å². The number of thiophene rings is 1. The summed E-state index contributed by atoms with van der Waals surface area (Å²) in [7, 11) is -3.37. The lowest BCUT2D eigenvalue weighted by Crippen LogP contribution is -2.30. The number of aromatic nitrogens is 2. The number of carbonyl (C=O) groups is 1. The molecule has 0 bridgehead atoms. The van der Waals surface area contributed by atoms with Gasteiger partial charge in [-0.05, 0) is 54.8 Å². The van der Waals surface area contributed by atoms with Crippen LogP contribution in [-0.2, 0) is 23.0 Å². The van der Waals surface area contributed by atoms with Crippen LogP contribution in [-0.4, -0.2) is 36.0 Å². The van der Waals surface area contributed by atoms with Crippen molar-refractivity contribution in [2.45, 2.75) is 19.9 Å². The van der Waals surface area contributed by atoms with Crippen LogP contribution < -0.4 is 9.86 Å². The molecule has 0 fully saturated rings. The Labute approximate surface area is 199 Å². The summed E-state index contributed by atoms with van der Waals surface area (Å²) < 4.78 is 40.6. The average Bonchev–Trinajstić information content (AvgIpc) is 3.46. The molecule has 10 heteroatoms. The van der Waals surface area contributed by atoms with Crippen LogP contribution in [0.3, 0.4) is 0 Å². The number of carbonyl (C=O) groups excluding carboxylic acids is 1. The van der Waals surface area contributed by atoms with Crippen molar-refractivity contribution in [1.82, 2.24) is 9.55 Å². The second-order valence-corrected chi connectivity index (χ2v) is 11.0. The van der Waals surface area contributed by atoms with Gasteiger partial charge in [-0.1, -0.05) is 12.1 Å². The minimum absolute atomic E-state index is 0.00795. The van der Waals surface area contributed by atoms with Crippen LogP contribution in [0.15, 0.2) is 59.0 Å². The third-order valence-electron chi connectivity index (χ3n) is 5.98. The second kappa shape index (κ2) is 8.44. The molecule has 0 unspecified atom stereocenters. The van der Waals surface area contributed by atoms with Gasteiger partial charge in [0.1, 0.15) is 10.6 Å². The van der Waals surface area contributed by atoms with Crippen molar-refractivity contribution in [3.8, 4) is 11.1 Å². The number of hydrogen-bond acceptors (Lipinski definition) is 6. The standard InChI is InChI=1S/C24H20FN3O4S2/c1-2-34(31,32)28-10-9-16-11-17(5-8-20(16)28)21(29)12-27-14-26-23-22(24(27)30)19(13-33-23)15-3-6-18(25)7-4-15/h3-8,11,13-14H,2,9-10,12H2,1H3. The molecule has 0 aliphatic carbocycles. The number of rotatable bonds is 6. The Morgan fingerprint density at radius 1 is 1.18 bits per heavy atom. The van der Waals surface area contributed by atoms with E-state index in [0.29, 0.717) is 45.6 Å². The van der Waals surface area contributed by atoms with Crippen molar-refractivity contribution in [1.29, 1.82) is 0 Å². The molecular weight excluding hydrogens is 477 g/mol. The van der Waals surface area contributed by atoms with Gasteiger partial charge in [0.2, 0.25) is 10.0 Å². The number of sulfonamides is 1. The van der Waals surface area contributed by atoms with Gasteiger partial charge in [-0.3, -0.25) is 18.5 Å². The van der Waals surface area contributed by atoms with Gasteiger partial charge in [-0.2, -0.15) is 0 Å². The van der Waals surface area contributed by atoms with Gasteiger partial charge in [-0.15, -0.1) is 11.3 Å². The Balaban J connectivity index is 1.46. The highest BCUT2D eigenvalue weighted by Gasteiger charge is 2.28. The molecule has 34 heavy (non-hydrogen) atoms. The SMILES string of the molecule is CCS(=O)(=O)N1CCc2cc(C(=O)Cn3cnc4scc(-c5ccc(F)cc5)c4c3=O)ccc21. The maximum atomic E-state index is 13.3. The van der Waals surface area contributed by atoms with Crippen LogP contribution in [0.1, 0.15) is 22.8 Å². The third-order valence-corrected chi connectivity index (χ3v) is 8.65. The van der Waals surface area contributed by atoms with E-state index in [1.807, 2.05) is 0 Å². The molecule has 1 aliphatic rings. The summed E-state index contributed by atoms with van der Waals surface area (Å²) in [6, 6.07) is 10.8. The fourth-order valence-corrected chi connectivity index (χ4v) is 6.22. The van der Waals surface area contributed by atoms with Gasteiger partial charge < -0.3 is 0 Å². The van der Waals surface area contributed by atoms with Gasteiger partial charge >= 0.3 is 0 Å². The van der Waals surface area contributed by atoms with Gasteiger partial charge in [0.25, 0.3) is 5.56 Å². The summed E-state index contributed by atoms with van der Waals surface area (Å²) in [6.07, 6.45) is 1.88. The van der Waals surface area contributed by atoms with Crippen LogP contribution in [0.5, 0.6) is 0 Å². The van der Waals surface area contributed by atoms with Gasteiger partial charge in [-0.25, -0.2) is 17.8 Å². The minimum Gasteiger partial charge on any atom is -0.292 e. The van der Waals surface area contributed by atoms with E-state index in [1.54, 1.807) is 42.6 Å². The monoisotopic (exact) mass is 497 g/mol. The first-order valence-electron chi connectivity index (χ1n) is 10.7. The predicted octanol–water partition coefficient (Wildman–Crippen LogP) is 3.86. The fourth-order valence-electron chi connectivity index (χ4n) is 4.16. The summed E-state index contributed by atoms with van der Waals surface area (Å²) in [5.41, 5.74) is 2.79. The number of halogens is 1. The molecule has 5 rings (SSSR count). The van der Waals surface area contributed by atoms with E-state index in [-0.39, 0.29) is 29.5 Å². The first-order chi connectivity index (χ1) is 16.3. The molecular formula is C24H20FN3O4S2. The second-order valence-electron chi connectivity index (χ2n) is 8.00. The van der Waals surface area contributed by atoms with Crippen molar-refractivity contribution in [3.05, 3.63) is 81.5 Å². The Hall–Kier alpha value is -3.37. The molecule has 4 aromatic rings. The molecule has 0 saturated carbocycles. The van der Waals surface area contributed by atoms with Crippen molar-refractivity contribution >= 4 is 43.0 Å².